The van der Waals surface area contributed by atoms with Gasteiger partial charge in [0, 0.05) is 26.1 Å². The number of carbonyl (C=O) groups excluding carboxylic acids is 2. The number of rotatable bonds is 3. The van der Waals surface area contributed by atoms with Crippen molar-refractivity contribution < 1.29 is 9.59 Å². The van der Waals surface area contributed by atoms with E-state index in [9.17, 15) is 9.59 Å². The molecule has 92 valence electrons. The van der Waals surface area contributed by atoms with Crippen LogP contribution in [0.2, 0.25) is 4.34 Å². The number of hydrogen-bond donors (Lipinski definition) is 1. The first kappa shape index (κ1) is 12.5. The van der Waals surface area contributed by atoms with Gasteiger partial charge < -0.3 is 5.32 Å². The highest BCUT2D eigenvalue weighted by Crippen LogP contribution is 2.22. The van der Waals surface area contributed by atoms with Gasteiger partial charge in [0.15, 0.2) is 5.78 Å². The van der Waals surface area contributed by atoms with E-state index in [2.05, 4.69) is 5.32 Å². The Morgan fingerprint density at radius 3 is 3.00 bits per heavy atom. The number of ketones is 1. The smallest absolute Gasteiger partial charge is 0.221 e. The average molecular weight is 273 g/mol. The van der Waals surface area contributed by atoms with Crippen LogP contribution in [0.5, 0.6) is 0 Å². The quantitative estimate of drug-likeness (QED) is 0.847. The Kier molecular flexibility index (Phi) is 4.15. The molecule has 4 nitrogen and oxygen atoms in total. The maximum atomic E-state index is 11.9. The number of carbonyl (C=O) groups is 2. The molecule has 1 aliphatic heterocycles. The lowest BCUT2D eigenvalue weighted by Crippen LogP contribution is -2.32. The summed E-state index contributed by atoms with van der Waals surface area (Å²) in [7, 11) is 0. The number of amides is 1. The van der Waals surface area contributed by atoms with Gasteiger partial charge in [-0.1, -0.05) is 11.6 Å². The van der Waals surface area contributed by atoms with E-state index in [0.29, 0.717) is 35.3 Å². The molecule has 0 radical (unpaired) electrons. The van der Waals surface area contributed by atoms with Crippen molar-refractivity contribution in [1.29, 1.82) is 0 Å². The van der Waals surface area contributed by atoms with E-state index >= 15 is 0 Å². The largest absolute Gasteiger partial charge is 0.355 e. The van der Waals surface area contributed by atoms with Crippen LogP contribution in [-0.2, 0) is 4.79 Å². The van der Waals surface area contributed by atoms with Crippen molar-refractivity contribution in [3.05, 3.63) is 21.3 Å². The first-order valence-corrected chi connectivity index (χ1v) is 6.62. The molecule has 1 amide bonds. The van der Waals surface area contributed by atoms with Gasteiger partial charge in [0.1, 0.15) is 0 Å². The van der Waals surface area contributed by atoms with Crippen molar-refractivity contribution in [2.24, 2.45) is 0 Å². The van der Waals surface area contributed by atoms with Crippen molar-refractivity contribution >= 4 is 34.6 Å². The molecule has 0 saturated carbocycles. The predicted molar refractivity (Wildman–Crippen MR) is 67.7 cm³/mol. The van der Waals surface area contributed by atoms with Crippen molar-refractivity contribution in [3.63, 3.8) is 0 Å². The van der Waals surface area contributed by atoms with Crippen molar-refractivity contribution in [1.82, 2.24) is 10.2 Å². The summed E-state index contributed by atoms with van der Waals surface area (Å²) in [6.45, 7) is 2.32. The molecule has 17 heavy (non-hydrogen) atoms. The number of thiophene rings is 1. The molecular formula is C11H13ClN2O2S. The third-order valence-corrected chi connectivity index (χ3v) is 3.89. The lowest BCUT2D eigenvalue weighted by atomic mass is 10.3. The molecular weight excluding hydrogens is 260 g/mol. The monoisotopic (exact) mass is 272 g/mol. The second-order valence-corrected chi connectivity index (χ2v) is 5.62. The highest BCUT2D eigenvalue weighted by atomic mass is 35.5. The third kappa shape index (κ3) is 3.52. The topological polar surface area (TPSA) is 49.4 Å². The van der Waals surface area contributed by atoms with E-state index in [-0.39, 0.29) is 11.7 Å². The molecule has 1 saturated heterocycles. The second-order valence-electron chi connectivity index (χ2n) is 3.90. The molecule has 0 spiro atoms. The SMILES string of the molecule is O=C1CCN(CC(=O)c2ccc(Cl)s2)CCN1. The standard InChI is InChI=1S/C11H13ClN2O2S/c12-10-2-1-9(17-10)8(15)7-14-5-3-11(16)13-4-6-14/h1-2H,3-7H2,(H,13,16). The van der Waals surface area contributed by atoms with E-state index < -0.39 is 0 Å². The molecule has 2 heterocycles. The molecule has 1 fully saturated rings. The van der Waals surface area contributed by atoms with Crippen LogP contribution in [0.1, 0.15) is 16.1 Å². The molecule has 1 N–H and O–H groups in total. The molecule has 0 aliphatic carbocycles. The van der Waals surface area contributed by atoms with Crippen molar-refractivity contribution in [2.75, 3.05) is 26.2 Å². The van der Waals surface area contributed by atoms with Crippen LogP contribution in [0.15, 0.2) is 12.1 Å². The molecule has 0 bridgehead atoms. The fraction of sp³-hybridized carbons (Fsp3) is 0.455. The summed E-state index contributed by atoms with van der Waals surface area (Å²) >= 11 is 7.09. The number of nitrogens with zero attached hydrogens (tertiary/aromatic N) is 1. The molecule has 2 rings (SSSR count). The highest BCUT2D eigenvalue weighted by molar-refractivity contribution is 7.18. The summed E-state index contributed by atoms with van der Waals surface area (Å²) in [6, 6.07) is 3.48. The number of Topliss-reactive ketones (excluding diaryl/α,β-unsaturated/α-hetero) is 1. The Morgan fingerprint density at radius 2 is 2.29 bits per heavy atom. The van der Waals surface area contributed by atoms with Crippen LogP contribution in [0.3, 0.4) is 0 Å². The van der Waals surface area contributed by atoms with Crippen LogP contribution < -0.4 is 5.32 Å². The van der Waals surface area contributed by atoms with Gasteiger partial charge in [0.25, 0.3) is 0 Å². The van der Waals surface area contributed by atoms with E-state index in [4.69, 9.17) is 11.6 Å². The Balaban J connectivity index is 1.92. The van der Waals surface area contributed by atoms with E-state index in [1.165, 1.54) is 11.3 Å². The highest BCUT2D eigenvalue weighted by Gasteiger charge is 2.17. The van der Waals surface area contributed by atoms with Gasteiger partial charge in [-0.3, -0.25) is 14.5 Å². The maximum Gasteiger partial charge on any atom is 0.221 e. The van der Waals surface area contributed by atoms with Crippen LogP contribution in [0, 0.1) is 0 Å². The van der Waals surface area contributed by atoms with E-state index in [1.807, 2.05) is 4.90 Å². The zero-order valence-electron chi connectivity index (χ0n) is 9.24. The Labute approximate surface area is 109 Å². The summed E-state index contributed by atoms with van der Waals surface area (Å²) in [5.74, 6) is 0.121. The van der Waals surface area contributed by atoms with E-state index in [0.717, 1.165) is 6.54 Å². The molecule has 0 aromatic carbocycles. The van der Waals surface area contributed by atoms with Crippen LogP contribution in [0.4, 0.5) is 0 Å². The van der Waals surface area contributed by atoms with E-state index in [1.54, 1.807) is 12.1 Å². The molecule has 0 unspecified atom stereocenters. The second kappa shape index (κ2) is 5.62. The molecule has 1 aromatic heterocycles. The fourth-order valence-electron chi connectivity index (χ4n) is 1.72. The molecule has 6 heteroatoms. The minimum absolute atomic E-state index is 0.0547. The Hall–Kier alpha value is -0.910. The lowest BCUT2D eigenvalue weighted by molar-refractivity contribution is -0.120. The van der Waals surface area contributed by atoms with Gasteiger partial charge >= 0.3 is 0 Å². The predicted octanol–water partition coefficient (Wildman–Crippen LogP) is 1.41. The fourth-order valence-corrected chi connectivity index (χ4v) is 2.69. The first-order chi connectivity index (χ1) is 8.15. The number of nitrogens with one attached hydrogen (secondary N) is 1. The minimum atomic E-state index is 0.0547. The third-order valence-electron chi connectivity index (χ3n) is 2.62. The average Bonchev–Trinajstić information content (AvgIpc) is 2.62. The molecule has 1 aromatic rings. The molecule has 0 atom stereocenters. The summed E-state index contributed by atoms with van der Waals surface area (Å²) in [5.41, 5.74) is 0. The zero-order valence-corrected chi connectivity index (χ0v) is 10.8. The summed E-state index contributed by atoms with van der Waals surface area (Å²) < 4.78 is 0.626. The zero-order chi connectivity index (χ0) is 12.3. The minimum Gasteiger partial charge on any atom is -0.355 e. The Morgan fingerprint density at radius 1 is 1.47 bits per heavy atom. The Bertz CT molecular complexity index is 433. The van der Waals surface area contributed by atoms with Gasteiger partial charge in [-0.15, -0.1) is 11.3 Å². The van der Waals surface area contributed by atoms with Gasteiger partial charge in [-0.05, 0) is 12.1 Å². The first-order valence-electron chi connectivity index (χ1n) is 5.43. The summed E-state index contributed by atoms with van der Waals surface area (Å²) in [4.78, 5) is 25.7. The summed E-state index contributed by atoms with van der Waals surface area (Å²) in [6.07, 6.45) is 0.457. The number of halogens is 1. The normalized spacial score (nSPS) is 17.6. The van der Waals surface area contributed by atoms with Crippen molar-refractivity contribution in [3.8, 4) is 0 Å². The van der Waals surface area contributed by atoms with Gasteiger partial charge in [-0.2, -0.15) is 0 Å². The maximum absolute atomic E-state index is 11.9. The van der Waals surface area contributed by atoms with Gasteiger partial charge in [0.2, 0.25) is 5.91 Å². The van der Waals surface area contributed by atoms with Gasteiger partial charge in [0.05, 0.1) is 15.8 Å². The van der Waals surface area contributed by atoms with Crippen molar-refractivity contribution in [2.45, 2.75) is 6.42 Å². The van der Waals surface area contributed by atoms with Gasteiger partial charge in [-0.25, -0.2) is 0 Å². The van der Waals surface area contributed by atoms with Crippen LogP contribution in [0.25, 0.3) is 0 Å². The van der Waals surface area contributed by atoms with Crippen LogP contribution in [-0.4, -0.2) is 42.8 Å². The molecule has 1 aliphatic rings. The summed E-state index contributed by atoms with van der Waals surface area (Å²) in [5, 5.41) is 2.78. The lowest BCUT2D eigenvalue weighted by Gasteiger charge is -2.17. The number of hydrogen-bond acceptors (Lipinski definition) is 4. The van der Waals surface area contributed by atoms with Crippen LogP contribution >= 0.6 is 22.9 Å².